The van der Waals surface area contributed by atoms with E-state index in [0.717, 1.165) is 0 Å². The second kappa shape index (κ2) is 5.85. The molecule has 0 aliphatic heterocycles. The molecule has 0 aromatic carbocycles. The first-order valence-electron chi connectivity index (χ1n) is 3.57. The highest BCUT2D eigenvalue weighted by Gasteiger charge is 2.19. The van der Waals surface area contributed by atoms with E-state index in [4.69, 9.17) is 15.1 Å². The average molecular weight is 209 g/mol. The summed E-state index contributed by atoms with van der Waals surface area (Å²) in [5.74, 6) is -2.20. The molecule has 4 N–H and O–H groups in total. The van der Waals surface area contributed by atoms with Crippen LogP contribution in [-0.2, 0) is 9.59 Å². The fourth-order valence-electron chi connectivity index (χ4n) is 0.737. The summed E-state index contributed by atoms with van der Waals surface area (Å²) in [5.41, 5.74) is 0. The lowest BCUT2D eigenvalue weighted by Gasteiger charge is -2.14. The third-order valence-electron chi connectivity index (χ3n) is 1.29. The van der Waals surface area contributed by atoms with Crippen LogP contribution in [0.2, 0.25) is 0 Å². The Labute approximate surface area is 76.5 Å². The summed E-state index contributed by atoms with van der Waals surface area (Å²) in [5, 5.41) is 19.3. The summed E-state index contributed by atoms with van der Waals surface area (Å²) in [4.78, 5) is 29.5. The van der Waals surface area contributed by atoms with Crippen LogP contribution in [0, 0.1) is 0 Å². The van der Waals surface area contributed by atoms with Crippen LogP contribution in [0.25, 0.3) is 0 Å². The van der Waals surface area contributed by atoms with Gasteiger partial charge in [0.1, 0.15) is 6.04 Å². The van der Waals surface area contributed by atoms with Crippen molar-refractivity contribution in [1.82, 2.24) is 5.09 Å². The Kier molecular flexibility index (Phi) is 5.53. The van der Waals surface area contributed by atoms with Crippen molar-refractivity contribution in [2.24, 2.45) is 0 Å². The second-order valence-corrected chi connectivity index (χ2v) is 3.78. The number of hydrogen-bond acceptors (Lipinski definition) is 4. The van der Waals surface area contributed by atoms with Crippen molar-refractivity contribution in [2.45, 2.75) is 18.9 Å². The van der Waals surface area contributed by atoms with Gasteiger partial charge in [0.05, 0.1) is 8.30 Å². The van der Waals surface area contributed by atoms with Gasteiger partial charge in [-0.25, -0.2) is 0 Å². The zero-order valence-electron chi connectivity index (χ0n) is 7.10. The van der Waals surface area contributed by atoms with Crippen molar-refractivity contribution in [3.8, 4) is 0 Å². The van der Waals surface area contributed by atoms with Gasteiger partial charge in [-0.15, -0.1) is 0 Å². The molecule has 0 heterocycles. The molecular weight excluding hydrogens is 197 g/mol. The SMILES string of the molecule is CP(O)N[C@@H](CCC(=O)O)C(=O)O. The molecular formula is C6H12NO5P. The van der Waals surface area contributed by atoms with Crippen molar-refractivity contribution in [2.75, 3.05) is 6.66 Å². The highest BCUT2D eigenvalue weighted by atomic mass is 31.2. The zero-order valence-corrected chi connectivity index (χ0v) is 7.99. The van der Waals surface area contributed by atoms with Gasteiger partial charge in [-0.05, 0) is 13.1 Å². The molecule has 7 heteroatoms. The van der Waals surface area contributed by atoms with Crippen LogP contribution < -0.4 is 5.09 Å². The second-order valence-electron chi connectivity index (χ2n) is 2.48. The minimum absolute atomic E-state index is 0.0299. The van der Waals surface area contributed by atoms with Crippen LogP contribution in [-0.4, -0.2) is 39.8 Å². The highest BCUT2D eigenvalue weighted by molar-refractivity contribution is 7.48. The number of carbonyl (C=O) groups is 2. The highest BCUT2D eigenvalue weighted by Crippen LogP contribution is 2.19. The van der Waals surface area contributed by atoms with Gasteiger partial charge in [0, 0.05) is 6.42 Å². The molecule has 0 aromatic heterocycles. The van der Waals surface area contributed by atoms with Crippen molar-refractivity contribution in [3.05, 3.63) is 0 Å². The molecule has 0 radical (unpaired) electrons. The van der Waals surface area contributed by atoms with Gasteiger partial charge in [0.2, 0.25) is 0 Å². The molecule has 0 saturated heterocycles. The van der Waals surface area contributed by atoms with Crippen molar-refractivity contribution < 1.29 is 24.7 Å². The van der Waals surface area contributed by atoms with Gasteiger partial charge in [-0.2, -0.15) is 0 Å². The minimum atomic E-state index is -1.53. The van der Waals surface area contributed by atoms with E-state index in [0.29, 0.717) is 0 Å². The van der Waals surface area contributed by atoms with E-state index in [1.807, 2.05) is 0 Å². The Balaban J connectivity index is 3.95. The Morgan fingerprint density at radius 3 is 2.31 bits per heavy atom. The molecule has 76 valence electrons. The fourth-order valence-corrected chi connectivity index (χ4v) is 1.43. The molecule has 0 aliphatic carbocycles. The van der Waals surface area contributed by atoms with Crippen LogP contribution in [0.4, 0.5) is 0 Å². The summed E-state index contributed by atoms with van der Waals surface area (Å²) in [7, 11) is -1.53. The van der Waals surface area contributed by atoms with Gasteiger partial charge < -0.3 is 15.1 Å². The van der Waals surface area contributed by atoms with E-state index in [2.05, 4.69) is 5.09 Å². The number of hydrogen-bond donors (Lipinski definition) is 4. The molecule has 0 rings (SSSR count). The predicted molar refractivity (Wildman–Crippen MR) is 46.5 cm³/mol. The van der Waals surface area contributed by atoms with Gasteiger partial charge in [-0.3, -0.25) is 14.7 Å². The Hall–Kier alpha value is -0.710. The first kappa shape index (κ1) is 12.3. The maximum absolute atomic E-state index is 10.5. The lowest BCUT2D eigenvalue weighted by atomic mass is 10.2. The maximum atomic E-state index is 10.5. The summed E-state index contributed by atoms with van der Waals surface area (Å²) < 4.78 is 0. The molecule has 13 heavy (non-hydrogen) atoms. The van der Waals surface area contributed by atoms with Crippen molar-refractivity contribution in [1.29, 1.82) is 0 Å². The van der Waals surface area contributed by atoms with Crippen LogP contribution >= 0.6 is 8.30 Å². The summed E-state index contributed by atoms with van der Waals surface area (Å²) in [6.45, 7) is 1.44. The Morgan fingerprint density at radius 2 is 2.00 bits per heavy atom. The third kappa shape index (κ3) is 6.45. The van der Waals surface area contributed by atoms with E-state index in [-0.39, 0.29) is 12.8 Å². The standard InChI is InChI=1S/C6H12NO5P/c1-13(12)7-4(6(10)11)2-3-5(8)9/h4,7,12H,2-3H2,1H3,(H,8,9)(H,10,11)/t4-,13?/m0/s1. The van der Waals surface area contributed by atoms with Crippen LogP contribution in [0.5, 0.6) is 0 Å². The first-order valence-corrected chi connectivity index (χ1v) is 5.31. The first-order chi connectivity index (χ1) is 5.93. The van der Waals surface area contributed by atoms with Gasteiger partial charge in [0.15, 0.2) is 0 Å². The van der Waals surface area contributed by atoms with E-state index >= 15 is 0 Å². The van der Waals surface area contributed by atoms with Crippen molar-refractivity contribution >= 4 is 20.2 Å². The van der Waals surface area contributed by atoms with E-state index in [1.54, 1.807) is 0 Å². The molecule has 6 nitrogen and oxygen atoms in total. The average Bonchev–Trinajstić information content (AvgIpc) is 1.96. The predicted octanol–water partition coefficient (Wildman–Crippen LogP) is -0.172. The summed E-state index contributed by atoms with van der Waals surface area (Å²) in [6.07, 6.45) is -0.259. The maximum Gasteiger partial charge on any atom is 0.321 e. The smallest absolute Gasteiger partial charge is 0.321 e. The van der Waals surface area contributed by atoms with Gasteiger partial charge in [-0.1, -0.05) is 0 Å². The molecule has 2 atom stereocenters. The van der Waals surface area contributed by atoms with E-state index < -0.39 is 26.3 Å². The normalized spacial score (nSPS) is 14.9. The van der Waals surface area contributed by atoms with Crippen molar-refractivity contribution in [3.63, 3.8) is 0 Å². The Morgan fingerprint density at radius 1 is 1.46 bits per heavy atom. The molecule has 0 saturated carbocycles. The van der Waals surface area contributed by atoms with E-state index in [9.17, 15) is 9.59 Å². The molecule has 0 spiro atoms. The summed E-state index contributed by atoms with van der Waals surface area (Å²) in [6, 6.07) is -0.989. The number of carboxylic acid groups (broad SMARTS) is 2. The number of aliphatic carboxylic acids is 2. The lowest BCUT2D eigenvalue weighted by molar-refractivity contribution is -0.140. The number of carboxylic acids is 2. The zero-order chi connectivity index (χ0) is 10.4. The topological polar surface area (TPSA) is 107 Å². The molecule has 0 amide bonds. The Bertz CT molecular complexity index is 195. The minimum Gasteiger partial charge on any atom is -0.481 e. The van der Waals surface area contributed by atoms with E-state index in [1.165, 1.54) is 6.66 Å². The largest absolute Gasteiger partial charge is 0.481 e. The van der Waals surface area contributed by atoms with Crippen LogP contribution in [0.1, 0.15) is 12.8 Å². The number of rotatable bonds is 6. The van der Waals surface area contributed by atoms with Crippen LogP contribution in [0.15, 0.2) is 0 Å². The molecule has 0 fully saturated rings. The molecule has 0 bridgehead atoms. The molecule has 0 aromatic rings. The molecule has 1 unspecified atom stereocenters. The lowest BCUT2D eigenvalue weighted by Crippen LogP contribution is -2.33. The quantitative estimate of drug-likeness (QED) is 0.452. The van der Waals surface area contributed by atoms with Gasteiger partial charge in [0.25, 0.3) is 0 Å². The molecule has 0 aliphatic rings. The number of nitrogens with one attached hydrogen (secondary N) is 1. The third-order valence-corrected chi connectivity index (χ3v) is 1.97. The monoisotopic (exact) mass is 209 g/mol. The fraction of sp³-hybridized carbons (Fsp3) is 0.667. The van der Waals surface area contributed by atoms with Crippen LogP contribution in [0.3, 0.4) is 0 Å². The summed E-state index contributed by atoms with van der Waals surface area (Å²) >= 11 is 0. The van der Waals surface area contributed by atoms with Gasteiger partial charge >= 0.3 is 11.9 Å².